The fraction of sp³-hybridized carbons (Fsp3) is 0.304. The third kappa shape index (κ3) is 4.91. The number of amides is 2. The van der Waals surface area contributed by atoms with E-state index < -0.39 is 0 Å². The molecule has 4 rings (SSSR count). The van der Waals surface area contributed by atoms with Gasteiger partial charge in [-0.25, -0.2) is 0 Å². The molecule has 3 aromatic rings. The smallest absolute Gasteiger partial charge is 0.286 e. The molecule has 8 heteroatoms. The van der Waals surface area contributed by atoms with Crippen molar-refractivity contribution in [3.05, 3.63) is 69.7 Å². The molecule has 1 fully saturated rings. The topological polar surface area (TPSA) is 84.4 Å². The van der Waals surface area contributed by atoms with Crippen LogP contribution in [0.25, 0.3) is 0 Å². The molecular weight excluding hydrogens is 412 g/mol. The van der Waals surface area contributed by atoms with Gasteiger partial charge in [-0.15, -0.1) is 10.2 Å². The van der Waals surface area contributed by atoms with Crippen LogP contribution < -0.4 is 10.1 Å². The first-order valence-corrected chi connectivity index (χ1v) is 11.0. The number of carbonyl (C=O) groups excluding carboxylic acids is 2. The monoisotopic (exact) mass is 436 g/mol. The zero-order chi connectivity index (χ0) is 21.8. The lowest BCUT2D eigenvalue weighted by atomic mass is 9.98. The number of aryl methyl sites for hydroxylation is 1. The number of anilines is 1. The molecule has 0 spiro atoms. The number of aromatic nitrogens is 2. The van der Waals surface area contributed by atoms with Crippen LogP contribution in [-0.4, -0.2) is 47.1 Å². The highest BCUT2D eigenvalue weighted by atomic mass is 32.1. The second kappa shape index (κ2) is 9.26. The van der Waals surface area contributed by atoms with Crippen molar-refractivity contribution >= 4 is 28.8 Å². The molecule has 1 aromatic heterocycles. The van der Waals surface area contributed by atoms with E-state index in [4.69, 9.17) is 4.74 Å². The van der Waals surface area contributed by atoms with Crippen LogP contribution in [0.5, 0.6) is 5.75 Å². The summed E-state index contributed by atoms with van der Waals surface area (Å²) in [5.74, 6) is 0.525. The average Bonchev–Trinajstić information content (AvgIpc) is 3.31. The molecule has 1 N–H and O–H groups in total. The molecule has 7 nitrogen and oxygen atoms in total. The number of hydrogen-bond donors (Lipinski definition) is 1. The molecule has 2 heterocycles. The minimum Gasteiger partial charge on any atom is -0.497 e. The summed E-state index contributed by atoms with van der Waals surface area (Å²) in [5.41, 5.74) is 2.49. The Kier molecular flexibility index (Phi) is 6.27. The Bertz CT molecular complexity index is 1060. The van der Waals surface area contributed by atoms with Gasteiger partial charge in [0.15, 0.2) is 0 Å². The van der Waals surface area contributed by atoms with Crippen molar-refractivity contribution in [2.45, 2.75) is 25.7 Å². The minimum absolute atomic E-state index is 0.00536. The molecule has 160 valence electrons. The van der Waals surface area contributed by atoms with Crippen LogP contribution in [0.3, 0.4) is 0 Å². The van der Waals surface area contributed by atoms with Gasteiger partial charge in [-0.2, -0.15) is 0 Å². The van der Waals surface area contributed by atoms with Crippen molar-refractivity contribution < 1.29 is 14.3 Å². The van der Waals surface area contributed by atoms with Gasteiger partial charge in [0.05, 0.1) is 7.11 Å². The van der Waals surface area contributed by atoms with Gasteiger partial charge in [-0.1, -0.05) is 29.0 Å². The number of hydrogen-bond acceptors (Lipinski definition) is 6. The summed E-state index contributed by atoms with van der Waals surface area (Å²) in [6, 6.07) is 14.7. The van der Waals surface area contributed by atoms with Gasteiger partial charge >= 0.3 is 0 Å². The first-order chi connectivity index (χ1) is 15.0. The summed E-state index contributed by atoms with van der Waals surface area (Å²) in [6.07, 6.45) is 1.80. The summed E-state index contributed by atoms with van der Waals surface area (Å²) in [4.78, 5) is 27.3. The molecule has 0 aliphatic carbocycles. The Morgan fingerprint density at radius 2 is 1.84 bits per heavy atom. The average molecular weight is 437 g/mol. The van der Waals surface area contributed by atoms with Gasteiger partial charge in [0.25, 0.3) is 11.8 Å². The molecule has 0 radical (unpaired) electrons. The number of benzene rings is 2. The second-order valence-corrected chi connectivity index (χ2v) is 8.59. The molecule has 0 bridgehead atoms. The molecule has 2 aromatic carbocycles. The van der Waals surface area contributed by atoms with Gasteiger partial charge < -0.3 is 15.0 Å². The number of nitrogens with one attached hydrogen (secondary N) is 1. The lowest BCUT2D eigenvalue weighted by Crippen LogP contribution is -2.39. The van der Waals surface area contributed by atoms with Crippen LogP contribution in [0, 0.1) is 6.92 Å². The van der Waals surface area contributed by atoms with Gasteiger partial charge in [0.1, 0.15) is 10.8 Å². The summed E-state index contributed by atoms with van der Waals surface area (Å²) in [6.45, 7) is 3.27. The third-order valence-electron chi connectivity index (χ3n) is 5.34. The summed E-state index contributed by atoms with van der Waals surface area (Å²) < 4.78 is 5.16. The largest absolute Gasteiger partial charge is 0.497 e. The highest BCUT2D eigenvalue weighted by Gasteiger charge is 2.28. The van der Waals surface area contributed by atoms with Crippen molar-refractivity contribution in [2.24, 2.45) is 0 Å². The molecule has 1 saturated heterocycles. The van der Waals surface area contributed by atoms with Crippen LogP contribution >= 0.6 is 11.3 Å². The molecular formula is C23H24N4O3S. The Labute approximate surface area is 185 Å². The lowest BCUT2D eigenvalue weighted by molar-refractivity contribution is 0.0706. The predicted octanol–water partition coefficient (Wildman–Crippen LogP) is 4.13. The van der Waals surface area contributed by atoms with E-state index in [1.807, 2.05) is 36.1 Å². The Morgan fingerprint density at radius 1 is 1.10 bits per heavy atom. The third-order valence-corrected chi connectivity index (χ3v) is 6.42. The molecule has 0 unspecified atom stereocenters. The SMILES string of the molecule is COc1ccc(C(=O)N2CCC[C@@H](c3nnc(C(=O)Nc4ccc(C)cc4)s3)C2)cc1. The van der Waals surface area contributed by atoms with Crippen molar-refractivity contribution in [3.63, 3.8) is 0 Å². The normalized spacial score (nSPS) is 16.1. The van der Waals surface area contributed by atoms with E-state index in [-0.39, 0.29) is 17.7 Å². The van der Waals surface area contributed by atoms with Crippen molar-refractivity contribution in [3.8, 4) is 5.75 Å². The van der Waals surface area contributed by atoms with E-state index >= 15 is 0 Å². The number of nitrogens with zero attached hydrogens (tertiary/aromatic N) is 3. The van der Waals surface area contributed by atoms with Crippen LogP contribution in [0.2, 0.25) is 0 Å². The molecule has 2 amide bonds. The van der Waals surface area contributed by atoms with Gasteiger partial charge in [0, 0.05) is 30.3 Å². The van der Waals surface area contributed by atoms with E-state index in [1.165, 1.54) is 11.3 Å². The van der Waals surface area contributed by atoms with Crippen LogP contribution in [0.1, 0.15) is 49.5 Å². The number of methoxy groups -OCH3 is 1. The minimum atomic E-state index is -0.269. The summed E-state index contributed by atoms with van der Waals surface area (Å²) in [5, 5.41) is 12.3. The lowest BCUT2D eigenvalue weighted by Gasteiger charge is -2.31. The Hall–Kier alpha value is -3.26. The van der Waals surface area contributed by atoms with Crippen molar-refractivity contribution in [1.29, 1.82) is 0 Å². The zero-order valence-corrected chi connectivity index (χ0v) is 18.3. The van der Waals surface area contributed by atoms with Gasteiger partial charge in [0.2, 0.25) is 5.01 Å². The number of piperidine rings is 1. The highest BCUT2D eigenvalue weighted by molar-refractivity contribution is 7.13. The van der Waals surface area contributed by atoms with E-state index in [0.29, 0.717) is 23.7 Å². The Morgan fingerprint density at radius 3 is 2.55 bits per heavy atom. The molecule has 1 atom stereocenters. The first kappa shape index (κ1) is 21.0. The summed E-state index contributed by atoms with van der Waals surface area (Å²) in [7, 11) is 1.60. The van der Waals surface area contributed by atoms with E-state index in [0.717, 1.165) is 34.8 Å². The van der Waals surface area contributed by atoms with Crippen LogP contribution in [-0.2, 0) is 0 Å². The number of carbonyl (C=O) groups is 2. The van der Waals surface area contributed by atoms with Gasteiger partial charge in [-0.3, -0.25) is 9.59 Å². The maximum atomic E-state index is 12.9. The second-order valence-electron chi connectivity index (χ2n) is 7.58. The standard InChI is InChI=1S/C23H24N4O3S/c1-15-5-9-18(10-6-15)24-20(28)22-26-25-21(31-22)17-4-3-13-27(14-17)23(29)16-7-11-19(30-2)12-8-16/h5-12,17H,3-4,13-14H2,1-2H3,(H,24,28)/t17-/m1/s1. The maximum absolute atomic E-state index is 12.9. The molecule has 1 aliphatic heterocycles. The first-order valence-electron chi connectivity index (χ1n) is 10.2. The van der Waals surface area contributed by atoms with E-state index in [2.05, 4.69) is 15.5 Å². The fourth-order valence-corrected chi connectivity index (χ4v) is 4.46. The fourth-order valence-electron chi connectivity index (χ4n) is 3.59. The molecule has 1 aliphatic rings. The number of ether oxygens (including phenoxy) is 1. The van der Waals surface area contributed by atoms with E-state index in [1.54, 1.807) is 31.4 Å². The molecule has 0 saturated carbocycles. The van der Waals surface area contributed by atoms with Gasteiger partial charge in [-0.05, 0) is 56.2 Å². The molecule has 31 heavy (non-hydrogen) atoms. The van der Waals surface area contributed by atoms with Crippen molar-refractivity contribution in [2.75, 3.05) is 25.5 Å². The number of rotatable bonds is 5. The van der Waals surface area contributed by atoms with E-state index in [9.17, 15) is 9.59 Å². The zero-order valence-electron chi connectivity index (χ0n) is 17.5. The predicted molar refractivity (Wildman–Crippen MR) is 120 cm³/mol. The van der Waals surface area contributed by atoms with Crippen LogP contribution in [0.4, 0.5) is 5.69 Å². The van der Waals surface area contributed by atoms with Crippen molar-refractivity contribution in [1.82, 2.24) is 15.1 Å². The Balaban J connectivity index is 1.41. The maximum Gasteiger partial charge on any atom is 0.286 e. The quantitative estimate of drug-likeness (QED) is 0.650. The van der Waals surface area contributed by atoms with Crippen LogP contribution in [0.15, 0.2) is 48.5 Å². The summed E-state index contributed by atoms with van der Waals surface area (Å²) >= 11 is 1.30. The highest BCUT2D eigenvalue weighted by Crippen LogP contribution is 2.30. The number of likely N-dealkylation sites (tertiary alicyclic amines) is 1.